The fourth-order valence-corrected chi connectivity index (χ4v) is 4.30. The van der Waals surface area contributed by atoms with E-state index in [1.165, 1.54) is 30.3 Å². The molecule has 0 fully saturated rings. The third-order valence-corrected chi connectivity index (χ3v) is 5.04. The van der Waals surface area contributed by atoms with Crippen LogP contribution in [0.2, 0.25) is 0 Å². The van der Waals surface area contributed by atoms with Crippen LogP contribution in [0.4, 0.5) is 0 Å². The van der Waals surface area contributed by atoms with Gasteiger partial charge in [-0.1, -0.05) is 30.3 Å². The number of para-hydroxylation sites is 1. The highest BCUT2D eigenvalue weighted by Gasteiger charge is 2.31. The molecule has 2 N–H and O–H groups in total. The minimum Gasteiger partial charge on any atom is -0.456 e. The smallest absolute Gasteiger partial charge is 0.299 e. The van der Waals surface area contributed by atoms with Crippen LogP contribution in [0, 0.1) is 0 Å². The summed E-state index contributed by atoms with van der Waals surface area (Å²) < 4.78 is 71.1. The van der Waals surface area contributed by atoms with Gasteiger partial charge in [-0.3, -0.25) is 9.11 Å². The molecule has 7 nitrogen and oxygen atoms in total. The zero-order valence-corrected chi connectivity index (χ0v) is 13.9. The molecule has 128 valence electrons. The largest absolute Gasteiger partial charge is 0.456 e. The van der Waals surface area contributed by atoms with Crippen molar-refractivity contribution in [3.05, 3.63) is 60.7 Å². The molecule has 0 saturated carbocycles. The van der Waals surface area contributed by atoms with Crippen LogP contribution in [0.25, 0.3) is 0 Å². The monoisotopic (exact) mass is 370 g/mol. The van der Waals surface area contributed by atoms with Crippen LogP contribution >= 0.6 is 0 Å². The van der Waals surface area contributed by atoms with Gasteiger partial charge in [-0.15, -0.1) is 6.58 Å². The summed E-state index contributed by atoms with van der Waals surface area (Å²) in [5.41, 5.74) is -0.0412. The lowest BCUT2D eigenvalue weighted by molar-refractivity contribution is 0.436. The van der Waals surface area contributed by atoms with Gasteiger partial charge in [-0.2, -0.15) is 16.8 Å². The second-order valence-electron chi connectivity index (χ2n) is 4.74. The predicted octanol–water partition coefficient (Wildman–Crippen LogP) is 2.70. The molecule has 0 heterocycles. The van der Waals surface area contributed by atoms with Gasteiger partial charge >= 0.3 is 0 Å². The molecule has 0 aliphatic heterocycles. The van der Waals surface area contributed by atoms with Crippen LogP contribution < -0.4 is 4.74 Å². The number of rotatable bonds is 6. The molecule has 0 bridgehead atoms. The molecule has 0 aliphatic carbocycles. The van der Waals surface area contributed by atoms with Crippen LogP contribution in [0.15, 0.2) is 64.9 Å². The van der Waals surface area contributed by atoms with Crippen molar-refractivity contribution in [2.75, 3.05) is 0 Å². The fourth-order valence-electron chi connectivity index (χ4n) is 2.12. The van der Waals surface area contributed by atoms with Crippen molar-refractivity contribution < 1.29 is 30.7 Å². The minimum absolute atomic E-state index is 0.0384. The van der Waals surface area contributed by atoms with E-state index in [1.54, 1.807) is 18.2 Å². The number of hydrogen-bond acceptors (Lipinski definition) is 5. The summed E-state index contributed by atoms with van der Waals surface area (Å²) in [5, 5.41) is 0. The van der Waals surface area contributed by atoms with Gasteiger partial charge in [0.15, 0.2) is 4.90 Å². The third-order valence-electron chi connectivity index (χ3n) is 3.01. The molecule has 0 aromatic heterocycles. The maximum Gasteiger partial charge on any atom is 0.299 e. The van der Waals surface area contributed by atoms with E-state index >= 15 is 0 Å². The van der Waals surface area contributed by atoms with Crippen molar-refractivity contribution >= 4 is 20.2 Å². The number of allylic oxidation sites excluding steroid dienone is 1. The Bertz CT molecular complexity index is 962. The number of benzene rings is 2. The van der Waals surface area contributed by atoms with Crippen molar-refractivity contribution in [3.8, 4) is 11.5 Å². The molecule has 2 aromatic rings. The summed E-state index contributed by atoms with van der Waals surface area (Å²) in [5.74, 6) is -0.204. The summed E-state index contributed by atoms with van der Waals surface area (Å²) in [4.78, 5) is -1.95. The van der Waals surface area contributed by atoms with Gasteiger partial charge < -0.3 is 4.74 Å². The lowest BCUT2D eigenvalue weighted by Gasteiger charge is -2.15. The Morgan fingerprint density at radius 3 is 2.00 bits per heavy atom. The third kappa shape index (κ3) is 4.01. The van der Waals surface area contributed by atoms with Crippen molar-refractivity contribution in [2.24, 2.45) is 0 Å². The first-order valence-corrected chi connectivity index (χ1v) is 9.47. The Balaban J connectivity index is 2.80. The average Bonchev–Trinajstić information content (AvgIpc) is 2.47. The van der Waals surface area contributed by atoms with Gasteiger partial charge in [0, 0.05) is 0 Å². The average molecular weight is 370 g/mol. The summed E-state index contributed by atoms with van der Waals surface area (Å²) >= 11 is 0. The van der Waals surface area contributed by atoms with Gasteiger partial charge in [0.1, 0.15) is 16.4 Å². The topological polar surface area (TPSA) is 118 Å². The molecule has 0 atom stereocenters. The van der Waals surface area contributed by atoms with E-state index in [-0.39, 0.29) is 17.7 Å². The van der Waals surface area contributed by atoms with Gasteiger partial charge in [-0.05, 0) is 30.2 Å². The summed E-state index contributed by atoms with van der Waals surface area (Å²) in [6.07, 6.45) is 1.29. The molecule has 2 rings (SSSR count). The van der Waals surface area contributed by atoms with E-state index < -0.39 is 35.8 Å². The zero-order valence-electron chi connectivity index (χ0n) is 12.3. The molecule has 0 radical (unpaired) electrons. The van der Waals surface area contributed by atoms with E-state index in [9.17, 15) is 25.9 Å². The molecule has 0 amide bonds. The van der Waals surface area contributed by atoms with Crippen LogP contribution in [0.3, 0.4) is 0 Å². The highest BCUT2D eigenvalue weighted by Crippen LogP contribution is 2.36. The fraction of sp³-hybridized carbons (Fsp3) is 0.0667. The van der Waals surface area contributed by atoms with Crippen LogP contribution in [-0.4, -0.2) is 25.9 Å². The second-order valence-corrected chi connectivity index (χ2v) is 7.46. The Morgan fingerprint density at radius 1 is 0.917 bits per heavy atom. The maximum absolute atomic E-state index is 11.7. The van der Waals surface area contributed by atoms with Crippen LogP contribution in [0.5, 0.6) is 11.5 Å². The molecule has 9 heteroatoms. The van der Waals surface area contributed by atoms with E-state index in [4.69, 9.17) is 4.74 Å². The quantitative estimate of drug-likeness (QED) is 0.593. The van der Waals surface area contributed by atoms with Gasteiger partial charge in [0.05, 0.1) is 0 Å². The zero-order chi connectivity index (χ0) is 18.0. The molecule has 0 saturated heterocycles. The highest BCUT2D eigenvalue weighted by molar-refractivity contribution is 7.89. The Labute approximate surface area is 139 Å². The SMILES string of the molecule is C=CCc1ccc(Oc2ccccc2)c(S(=O)(=O)O)c1S(=O)(=O)O. The highest BCUT2D eigenvalue weighted by atomic mass is 32.2. The first-order valence-electron chi connectivity index (χ1n) is 6.59. The first-order chi connectivity index (χ1) is 11.1. The maximum atomic E-state index is 11.7. The molecule has 2 aromatic carbocycles. The molecular weight excluding hydrogens is 356 g/mol. The summed E-state index contributed by atoms with van der Waals surface area (Å²) in [6.45, 7) is 3.44. The predicted molar refractivity (Wildman–Crippen MR) is 86.5 cm³/mol. The lowest BCUT2D eigenvalue weighted by Crippen LogP contribution is -2.13. The van der Waals surface area contributed by atoms with Gasteiger partial charge in [0.25, 0.3) is 20.2 Å². The van der Waals surface area contributed by atoms with E-state index in [2.05, 4.69) is 6.58 Å². The van der Waals surface area contributed by atoms with E-state index in [1.807, 2.05) is 0 Å². The van der Waals surface area contributed by atoms with Crippen LogP contribution in [0.1, 0.15) is 5.56 Å². The second kappa shape index (κ2) is 6.73. The first kappa shape index (κ1) is 18.1. The van der Waals surface area contributed by atoms with E-state index in [0.717, 1.165) is 0 Å². The molecular formula is C15H14O7S2. The van der Waals surface area contributed by atoms with Gasteiger partial charge in [0.2, 0.25) is 0 Å². The summed E-state index contributed by atoms with van der Waals surface area (Å²) in [7, 11) is -9.96. The molecule has 0 unspecified atom stereocenters. The van der Waals surface area contributed by atoms with Crippen molar-refractivity contribution in [1.29, 1.82) is 0 Å². The molecule has 0 aliphatic rings. The number of hydrogen-bond donors (Lipinski definition) is 2. The van der Waals surface area contributed by atoms with Crippen LogP contribution in [-0.2, 0) is 26.7 Å². The standard InChI is InChI=1S/C15H14O7S2/c1-2-6-11-9-10-13(22-12-7-4-3-5-8-12)15(24(19,20)21)14(11)23(16,17)18/h2-5,7-10H,1,6H2,(H,16,17,18)(H,19,20,21). The van der Waals surface area contributed by atoms with Crippen molar-refractivity contribution in [2.45, 2.75) is 16.2 Å². The number of ether oxygens (including phenoxy) is 1. The summed E-state index contributed by atoms with van der Waals surface area (Å²) in [6, 6.07) is 10.4. The Morgan fingerprint density at radius 2 is 1.50 bits per heavy atom. The molecule has 0 spiro atoms. The Kier molecular flexibility index (Phi) is 5.09. The normalized spacial score (nSPS) is 11.9. The lowest BCUT2D eigenvalue weighted by atomic mass is 10.1. The Hall–Kier alpha value is -2.20. The van der Waals surface area contributed by atoms with Crippen molar-refractivity contribution in [3.63, 3.8) is 0 Å². The minimum atomic E-state index is -5.01. The van der Waals surface area contributed by atoms with Gasteiger partial charge in [-0.25, -0.2) is 0 Å². The van der Waals surface area contributed by atoms with Crippen molar-refractivity contribution in [1.82, 2.24) is 0 Å². The molecule has 24 heavy (non-hydrogen) atoms. The van der Waals surface area contributed by atoms with E-state index in [0.29, 0.717) is 0 Å².